The van der Waals surface area contributed by atoms with Gasteiger partial charge in [-0.1, -0.05) is 84.6 Å². The van der Waals surface area contributed by atoms with E-state index in [0.717, 1.165) is 58.2 Å². The van der Waals surface area contributed by atoms with Crippen molar-refractivity contribution in [3.05, 3.63) is 90.0 Å². The molecular weight excluding hydrogens is 388 g/mol. The number of hydrogen-bond donors (Lipinski definition) is 2. The van der Waals surface area contributed by atoms with Crippen LogP contribution in [-0.2, 0) is 12.8 Å². The van der Waals surface area contributed by atoms with Crippen LogP contribution in [-0.4, -0.2) is 20.8 Å². The smallest absolute Gasteiger partial charge is 0.166 e. The number of nitrogens with zero attached hydrogens (tertiary/aromatic N) is 1. The van der Waals surface area contributed by atoms with E-state index < -0.39 is 0 Å². The number of rotatable bonds is 5. The van der Waals surface area contributed by atoms with Crippen molar-refractivity contribution < 1.29 is 5.11 Å². The highest BCUT2D eigenvalue weighted by Crippen LogP contribution is 2.36. The van der Waals surface area contributed by atoms with Crippen LogP contribution in [0.2, 0.25) is 0 Å². The van der Waals surface area contributed by atoms with E-state index in [4.69, 9.17) is 4.98 Å². The molecule has 2 N–H and O–H groups in total. The number of phenolic OH excluding ortho intramolecular Hbond substituents is 1. The topological polar surface area (TPSA) is 48.9 Å². The molecule has 5 rings (SSSR count). The summed E-state index contributed by atoms with van der Waals surface area (Å²) in [7, 11) is 0. The molecule has 1 atom stereocenters. The summed E-state index contributed by atoms with van der Waals surface area (Å²) in [6.45, 7) is 0. The molecule has 0 saturated heterocycles. The molecule has 1 unspecified atom stereocenters. The monoisotopic (exact) mass is 412 g/mol. The van der Waals surface area contributed by atoms with Crippen LogP contribution < -0.4 is 0 Å². The normalized spacial score (nSPS) is 15.7. The van der Waals surface area contributed by atoms with Gasteiger partial charge in [0.05, 0.1) is 11.4 Å². The predicted octanol–water partition coefficient (Wildman–Crippen LogP) is 6.35. The van der Waals surface area contributed by atoms with Gasteiger partial charge in [-0.2, -0.15) is 0 Å². The largest absolute Gasteiger partial charge is 0.508 e. The fourth-order valence-electron chi connectivity index (χ4n) is 4.24. The molecule has 1 aliphatic carbocycles. The van der Waals surface area contributed by atoms with Crippen molar-refractivity contribution in [3.8, 4) is 28.3 Å². The van der Waals surface area contributed by atoms with E-state index in [1.807, 2.05) is 18.2 Å². The van der Waals surface area contributed by atoms with Gasteiger partial charge in [-0.05, 0) is 42.4 Å². The van der Waals surface area contributed by atoms with Crippen LogP contribution in [0.5, 0.6) is 5.75 Å². The van der Waals surface area contributed by atoms with Crippen LogP contribution in [0.4, 0.5) is 0 Å². The van der Waals surface area contributed by atoms with Gasteiger partial charge in [0.15, 0.2) is 5.16 Å². The maximum atomic E-state index is 10.1. The van der Waals surface area contributed by atoms with E-state index in [9.17, 15) is 5.11 Å². The van der Waals surface area contributed by atoms with Crippen LogP contribution in [0, 0.1) is 5.92 Å². The number of nitrogens with one attached hydrogen (secondary N) is 1. The number of H-pyrrole nitrogens is 1. The standard InChI is InChI=1S/C26H24N2OS/c29-23-13-7-12-21-16-18(14-15-22(21)23)17-30-26-27-24(19-8-3-1-4-9-19)25(28-26)20-10-5-2-6-11-20/h1-13,18,29H,14-17H2,(H,27,28). The van der Waals surface area contributed by atoms with Gasteiger partial charge in [-0.15, -0.1) is 0 Å². The Morgan fingerprint density at radius 1 is 0.900 bits per heavy atom. The fourth-order valence-corrected chi connectivity index (χ4v) is 5.25. The van der Waals surface area contributed by atoms with Crippen LogP contribution in [0.3, 0.4) is 0 Å². The Hall–Kier alpha value is -2.98. The van der Waals surface area contributed by atoms with Crippen LogP contribution in [0.15, 0.2) is 84.0 Å². The molecule has 150 valence electrons. The second-order valence-electron chi connectivity index (χ2n) is 7.83. The maximum Gasteiger partial charge on any atom is 0.166 e. The third-order valence-electron chi connectivity index (χ3n) is 5.81. The summed E-state index contributed by atoms with van der Waals surface area (Å²) in [6.07, 6.45) is 3.08. The molecule has 1 heterocycles. The first-order valence-corrected chi connectivity index (χ1v) is 11.4. The predicted molar refractivity (Wildman–Crippen MR) is 124 cm³/mol. The zero-order chi connectivity index (χ0) is 20.3. The van der Waals surface area contributed by atoms with Gasteiger partial charge in [0.2, 0.25) is 0 Å². The highest BCUT2D eigenvalue weighted by atomic mass is 32.2. The number of hydrogen-bond acceptors (Lipinski definition) is 3. The van der Waals surface area contributed by atoms with Gasteiger partial charge in [-0.25, -0.2) is 4.98 Å². The minimum absolute atomic E-state index is 0.449. The van der Waals surface area contributed by atoms with Crippen LogP contribution >= 0.6 is 11.8 Å². The molecule has 30 heavy (non-hydrogen) atoms. The van der Waals surface area contributed by atoms with Gasteiger partial charge in [-0.3, -0.25) is 0 Å². The summed E-state index contributed by atoms with van der Waals surface area (Å²) < 4.78 is 0. The van der Waals surface area contributed by atoms with E-state index in [1.165, 1.54) is 5.56 Å². The van der Waals surface area contributed by atoms with Crippen molar-refractivity contribution in [1.82, 2.24) is 9.97 Å². The van der Waals surface area contributed by atoms with E-state index in [-0.39, 0.29) is 0 Å². The van der Waals surface area contributed by atoms with Gasteiger partial charge < -0.3 is 10.1 Å². The zero-order valence-electron chi connectivity index (χ0n) is 16.7. The zero-order valence-corrected chi connectivity index (χ0v) is 17.5. The average molecular weight is 413 g/mol. The van der Waals surface area contributed by atoms with Crippen LogP contribution in [0.25, 0.3) is 22.5 Å². The van der Waals surface area contributed by atoms with Crippen molar-refractivity contribution in [1.29, 1.82) is 0 Å². The molecule has 3 nitrogen and oxygen atoms in total. The number of benzene rings is 3. The second-order valence-corrected chi connectivity index (χ2v) is 8.84. The highest BCUT2D eigenvalue weighted by Gasteiger charge is 2.22. The Balaban J connectivity index is 1.37. The second kappa shape index (κ2) is 8.41. The van der Waals surface area contributed by atoms with E-state index >= 15 is 0 Å². The van der Waals surface area contributed by atoms with Gasteiger partial charge in [0.25, 0.3) is 0 Å². The lowest BCUT2D eigenvalue weighted by molar-refractivity contribution is 0.446. The summed E-state index contributed by atoms with van der Waals surface area (Å²) in [5, 5.41) is 11.0. The molecule has 0 fully saturated rings. The molecule has 3 aromatic carbocycles. The minimum atomic E-state index is 0.449. The number of aromatic amines is 1. The van der Waals surface area contributed by atoms with E-state index in [2.05, 4.69) is 59.6 Å². The van der Waals surface area contributed by atoms with Crippen molar-refractivity contribution in [2.24, 2.45) is 5.92 Å². The van der Waals surface area contributed by atoms with E-state index in [0.29, 0.717) is 11.7 Å². The molecular formula is C26H24N2OS. The van der Waals surface area contributed by atoms with Crippen LogP contribution in [0.1, 0.15) is 17.5 Å². The quantitative estimate of drug-likeness (QED) is 0.376. The number of fused-ring (bicyclic) bond motifs is 1. The Labute approximate surface area is 181 Å². The lowest BCUT2D eigenvalue weighted by Crippen LogP contribution is -2.16. The molecule has 4 heteroatoms. The van der Waals surface area contributed by atoms with E-state index in [1.54, 1.807) is 17.8 Å². The first kappa shape index (κ1) is 19.0. The molecule has 0 bridgehead atoms. The Bertz CT molecular complexity index is 1080. The lowest BCUT2D eigenvalue weighted by Gasteiger charge is -2.24. The number of imidazole rings is 1. The summed E-state index contributed by atoms with van der Waals surface area (Å²) >= 11 is 1.80. The number of phenols is 1. The van der Waals surface area contributed by atoms with Gasteiger partial charge >= 0.3 is 0 Å². The van der Waals surface area contributed by atoms with Gasteiger partial charge in [0, 0.05) is 16.9 Å². The lowest BCUT2D eigenvalue weighted by atomic mass is 9.84. The number of aromatic hydroxyl groups is 1. The average Bonchev–Trinajstić information content (AvgIpc) is 3.23. The highest BCUT2D eigenvalue weighted by molar-refractivity contribution is 7.99. The molecule has 1 aliphatic rings. The Morgan fingerprint density at radius 2 is 1.63 bits per heavy atom. The number of aromatic nitrogens is 2. The van der Waals surface area contributed by atoms with Crippen molar-refractivity contribution in [2.75, 3.05) is 5.75 Å². The summed E-state index contributed by atoms with van der Waals surface area (Å²) in [5.41, 5.74) is 6.78. The Morgan fingerprint density at radius 3 is 2.40 bits per heavy atom. The van der Waals surface area contributed by atoms with Crippen molar-refractivity contribution >= 4 is 11.8 Å². The first-order chi connectivity index (χ1) is 14.8. The third-order valence-corrected chi connectivity index (χ3v) is 6.91. The first-order valence-electron chi connectivity index (χ1n) is 10.4. The third kappa shape index (κ3) is 3.88. The molecule has 1 aromatic heterocycles. The SMILES string of the molecule is Oc1cccc2c1CCC(CSc1nc(-c3ccccc3)c(-c3ccccc3)[nH]1)C2. The molecule has 0 aliphatic heterocycles. The summed E-state index contributed by atoms with van der Waals surface area (Å²) in [4.78, 5) is 8.54. The van der Waals surface area contributed by atoms with Gasteiger partial charge in [0.1, 0.15) is 5.75 Å². The molecule has 0 saturated carbocycles. The van der Waals surface area contributed by atoms with Crippen molar-refractivity contribution in [2.45, 2.75) is 24.4 Å². The summed E-state index contributed by atoms with van der Waals surface area (Å²) in [5.74, 6) is 2.06. The maximum absolute atomic E-state index is 10.1. The fraction of sp³-hybridized carbons (Fsp3) is 0.192. The molecule has 0 amide bonds. The number of thioether (sulfide) groups is 1. The molecule has 4 aromatic rings. The summed E-state index contributed by atoms with van der Waals surface area (Å²) in [6, 6.07) is 26.7. The van der Waals surface area contributed by atoms with Crippen molar-refractivity contribution in [3.63, 3.8) is 0 Å². The molecule has 0 radical (unpaired) electrons. The molecule has 0 spiro atoms. The minimum Gasteiger partial charge on any atom is -0.508 e. The Kier molecular flexibility index (Phi) is 5.33.